The first-order valence-electron chi connectivity index (χ1n) is 20.3. The van der Waals surface area contributed by atoms with Crippen molar-refractivity contribution < 1.29 is 43.5 Å². The molecule has 19 N–H and O–H groups in total. The third kappa shape index (κ3) is 22.6. The number of primary amides is 2. The number of aliphatic hydroxyl groups excluding tert-OH is 1. The number of aliphatic hydroxyl groups is 1. The Labute approximate surface area is 357 Å². The summed E-state index contributed by atoms with van der Waals surface area (Å²) in [7, 11) is 0. The summed E-state index contributed by atoms with van der Waals surface area (Å²) >= 11 is 4.24. The third-order valence-electron chi connectivity index (χ3n) is 9.22. The summed E-state index contributed by atoms with van der Waals surface area (Å²) < 4.78 is 0. The van der Waals surface area contributed by atoms with Crippen molar-refractivity contribution in [2.45, 2.75) is 159 Å². The number of thiol groups is 1. The second kappa shape index (κ2) is 29.5. The molecule has 0 aromatic heterocycles. The highest BCUT2D eigenvalue weighted by Gasteiger charge is 2.34. The van der Waals surface area contributed by atoms with Crippen molar-refractivity contribution in [3.63, 3.8) is 0 Å². The van der Waals surface area contributed by atoms with Crippen molar-refractivity contribution >= 4 is 65.8 Å². The van der Waals surface area contributed by atoms with Gasteiger partial charge in [-0.05, 0) is 77.7 Å². The Bertz CT molecular complexity index is 1450. The maximum Gasteiger partial charge on any atom is 0.245 e. The zero-order valence-electron chi connectivity index (χ0n) is 35.5. The Morgan fingerprint density at radius 2 is 1.13 bits per heavy atom. The predicted octanol–water partition coefficient (Wildman–Crippen LogP) is -3.91. The Balaban J connectivity index is 6.09. The third-order valence-corrected chi connectivity index (χ3v) is 9.83. The number of nitrogens with one attached hydrogen (secondary N) is 6. The van der Waals surface area contributed by atoms with E-state index in [9.17, 15) is 43.5 Å². The lowest BCUT2D eigenvalue weighted by Crippen LogP contribution is -2.61. The van der Waals surface area contributed by atoms with Crippen LogP contribution in [0.1, 0.15) is 105 Å². The molecule has 23 heteroatoms. The van der Waals surface area contributed by atoms with Gasteiger partial charge >= 0.3 is 0 Å². The minimum Gasteiger partial charge on any atom is -0.391 e. The van der Waals surface area contributed by atoms with Crippen LogP contribution < -0.4 is 66.3 Å². The smallest absolute Gasteiger partial charge is 0.245 e. The summed E-state index contributed by atoms with van der Waals surface area (Å²) in [4.78, 5) is 108. The van der Waals surface area contributed by atoms with Crippen LogP contribution in [0.4, 0.5) is 0 Å². The van der Waals surface area contributed by atoms with Gasteiger partial charge in [-0.2, -0.15) is 12.6 Å². The molecule has 0 fully saturated rings. The molecule has 0 heterocycles. The minimum absolute atomic E-state index is 0.0106. The first-order valence-corrected chi connectivity index (χ1v) is 20.8. The van der Waals surface area contributed by atoms with Crippen LogP contribution in [0, 0.1) is 5.92 Å². The number of hydrogen-bond acceptors (Lipinski definition) is 13. The molecule has 0 aliphatic carbocycles. The number of nitrogens with two attached hydrogens (primary N) is 6. The molecular weight excluding hydrogens is 803 g/mol. The first-order chi connectivity index (χ1) is 28.0. The predicted molar refractivity (Wildman–Crippen MR) is 229 cm³/mol. The van der Waals surface area contributed by atoms with Crippen LogP contribution in [-0.2, 0) is 38.4 Å². The average Bonchev–Trinajstić information content (AvgIpc) is 3.16. The molecule has 0 aromatic rings. The summed E-state index contributed by atoms with van der Waals surface area (Å²) in [6.07, 6.45) is 1.42. The van der Waals surface area contributed by atoms with Crippen molar-refractivity contribution in [3.05, 3.63) is 0 Å². The average molecular weight is 874 g/mol. The highest BCUT2D eigenvalue weighted by Crippen LogP contribution is 2.11. The van der Waals surface area contributed by atoms with Gasteiger partial charge in [-0.3, -0.25) is 43.3 Å². The molecule has 0 saturated heterocycles. The number of aliphatic imine (C=N–C) groups is 1. The lowest BCUT2D eigenvalue weighted by atomic mass is 10.0. The molecule has 0 radical (unpaired) electrons. The minimum atomic E-state index is -1.62. The Hall–Kier alpha value is -4.74. The van der Waals surface area contributed by atoms with Gasteiger partial charge in [0.2, 0.25) is 47.3 Å². The van der Waals surface area contributed by atoms with E-state index in [4.69, 9.17) is 34.4 Å². The van der Waals surface area contributed by atoms with Crippen LogP contribution in [0.5, 0.6) is 0 Å². The summed E-state index contributed by atoms with van der Waals surface area (Å²) in [6, 6.07) is -8.33. The molecule has 344 valence electrons. The molecule has 8 amide bonds. The molecule has 60 heavy (non-hydrogen) atoms. The maximum atomic E-state index is 13.7. The van der Waals surface area contributed by atoms with Gasteiger partial charge < -0.3 is 71.4 Å². The zero-order chi connectivity index (χ0) is 46.1. The van der Waals surface area contributed by atoms with E-state index in [1.54, 1.807) is 0 Å². The van der Waals surface area contributed by atoms with Crippen LogP contribution in [0.2, 0.25) is 0 Å². The van der Waals surface area contributed by atoms with E-state index in [1.165, 1.54) is 13.8 Å². The van der Waals surface area contributed by atoms with Gasteiger partial charge in [-0.15, -0.1) is 0 Å². The van der Waals surface area contributed by atoms with Crippen molar-refractivity contribution in [1.29, 1.82) is 0 Å². The SMILES string of the molecule is CCCC[C@H](NC(=O)[C@H](CCCCN)NC(=O)[C@@H](NC(=O)[C@H](C)NC(=O)[C@H](CCCN=C(N)N)NC(=O)C(S)[C@@H](N)CCC(N)=O)[C@@H](C)O)C(=O)N[C@@H](CC(C)C)C(N)=O. The quantitative estimate of drug-likeness (QED) is 0.0137. The fourth-order valence-electron chi connectivity index (χ4n) is 5.72. The molecule has 1 unspecified atom stereocenters. The van der Waals surface area contributed by atoms with Gasteiger partial charge in [0.05, 0.1) is 11.4 Å². The summed E-state index contributed by atoms with van der Waals surface area (Å²) in [5, 5.41) is 24.7. The van der Waals surface area contributed by atoms with Crippen molar-refractivity contribution in [3.8, 4) is 0 Å². The van der Waals surface area contributed by atoms with E-state index in [-0.39, 0.29) is 63.4 Å². The topological polar surface area (TPSA) is 397 Å². The highest BCUT2D eigenvalue weighted by molar-refractivity contribution is 7.81. The number of amides is 8. The highest BCUT2D eigenvalue weighted by atomic mass is 32.1. The Morgan fingerprint density at radius 3 is 1.62 bits per heavy atom. The van der Waals surface area contributed by atoms with E-state index < -0.39 is 101 Å². The molecule has 22 nitrogen and oxygen atoms in total. The number of carbonyl (C=O) groups is 8. The van der Waals surface area contributed by atoms with Crippen molar-refractivity contribution in [2.75, 3.05) is 13.1 Å². The molecule has 0 rings (SSSR count). The van der Waals surface area contributed by atoms with E-state index >= 15 is 0 Å². The molecular formula is C37H71N13O9S. The van der Waals surface area contributed by atoms with Crippen LogP contribution >= 0.6 is 12.6 Å². The number of carbonyl (C=O) groups excluding carboxylic acids is 8. The maximum absolute atomic E-state index is 13.7. The fraction of sp³-hybridized carbons (Fsp3) is 0.757. The second-order valence-electron chi connectivity index (χ2n) is 15.2. The van der Waals surface area contributed by atoms with Crippen LogP contribution in [0.25, 0.3) is 0 Å². The van der Waals surface area contributed by atoms with Crippen molar-refractivity contribution in [2.24, 2.45) is 45.3 Å². The molecule has 0 spiro atoms. The first kappa shape index (κ1) is 55.3. The monoisotopic (exact) mass is 874 g/mol. The summed E-state index contributed by atoms with van der Waals surface area (Å²) in [5.41, 5.74) is 33.1. The number of guanidine groups is 1. The van der Waals surface area contributed by atoms with Crippen LogP contribution in [-0.4, -0.2) is 125 Å². The van der Waals surface area contributed by atoms with E-state index in [2.05, 4.69) is 49.5 Å². The number of nitrogens with zero attached hydrogens (tertiary/aromatic N) is 1. The fourth-order valence-corrected chi connectivity index (χ4v) is 5.94. The number of rotatable bonds is 31. The largest absolute Gasteiger partial charge is 0.391 e. The standard InChI is InChI=1S/C37H71N13O9S/c1-6-7-11-23(34(57)49-26(30(41)53)18-19(2)3)46-33(56)24(12-8-9-16-38)47-35(58)28(21(5)51)50-31(54)20(4)45-32(55)25(13-10-17-44-37(42)43)48-36(59)29(60)22(39)14-15-27(40)52/h19-26,28-29,51,60H,6-18,38-39H2,1-5H3,(H2,40,52)(H2,41,53)(H,45,55)(H,46,56)(H,47,58)(H,48,59)(H,49,57)(H,50,54)(H4,42,43,44)/t20-,21+,22-,23-,24-,25-,26-,28-,29?/m0/s1. The Morgan fingerprint density at radius 1 is 0.633 bits per heavy atom. The van der Waals surface area contributed by atoms with E-state index in [0.717, 1.165) is 0 Å². The van der Waals surface area contributed by atoms with Gasteiger partial charge in [0.15, 0.2) is 5.96 Å². The molecule has 0 aromatic carbocycles. The molecule has 0 aliphatic heterocycles. The summed E-state index contributed by atoms with van der Waals surface area (Å²) in [5.74, 6) is -6.22. The van der Waals surface area contributed by atoms with Crippen LogP contribution in [0.3, 0.4) is 0 Å². The lowest BCUT2D eigenvalue weighted by molar-refractivity contribution is -0.136. The van der Waals surface area contributed by atoms with Crippen LogP contribution in [0.15, 0.2) is 4.99 Å². The van der Waals surface area contributed by atoms with Gasteiger partial charge in [0, 0.05) is 19.0 Å². The van der Waals surface area contributed by atoms with Gasteiger partial charge in [0.25, 0.3) is 0 Å². The van der Waals surface area contributed by atoms with E-state index in [1.807, 2.05) is 20.8 Å². The molecule has 0 saturated carbocycles. The van der Waals surface area contributed by atoms with E-state index in [0.29, 0.717) is 32.2 Å². The van der Waals surface area contributed by atoms with Gasteiger partial charge in [0.1, 0.15) is 36.3 Å². The number of unbranched alkanes of at least 4 members (excludes halogenated alkanes) is 2. The zero-order valence-corrected chi connectivity index (χ0v) is 36.4. The normalized spacial score (nSPS) is 15.6. The molecule has 9 atom stereocenters. The van der Waals surface area contributed by atoms with Crippen molar-refractivity contribution in [1.82, 2.24) is 31.9 Å². The lowest BCUT2D eigenvalue weighted by Gasteiger charge is -2.28. The summed E-state index contributed by atoms with van der Waals surface area (Å²) in [6.45, 7) is 8.56. The van der Waals surface area contributed by atoms with Gasteiger partial charge in [-0.25, -0.2) is 0 Å². The Kier molecular flexibility index (Phi) is 27.1. The molecule has 0 aliphatic rings. The van der Waals surface area contributed by atoms with Gasteiger partial charge in [-0.1, -0.05) is 33.6 Å². The number of hydrogen-bond donors (Lipinski definition) is 14. The second-order valence-corrected chi connectivity index (χ2v) is 15.8. The molecule has 0 bridgehead atoms.